The lowest BCUT2D eigenvalue weighted by Gasteiger charge is -2.39. The van der Waals surface area contributed by atoms with Gasteiger partial charge in [0.1, 0.15) is 0 Å². The normalized spacial score (nSPS) is 13.3. The molecule has 0 saturated carbocycles. The number of benzene rings is 8. The number of hydrogen-bond donors (Lipinski definition) is 0. The van der Waals surface area contributed by atoms with E-state index in [1.165, 1.54) is 65.4 Å². The Balaban J connectivity index is 1.02. The van der Waals surface area contributed by atoms with Gasteiger partial charge >= 0.3 is 0 Å². The van der Waals surface area contributed by atoms with Gasteiger partial charge in [-0.2, -0.15) is 0 Å². The van der Waals surface area contributed by atoms with Crippen molar-refractivity contribution in [2.75, 3.05) is 0 Å². The molecule has 9 aromatic rings. The third-order valence-corrected chi connectivity index (χ3v) is 12.3. The minimum Gasteiger partial charge on any atom is -0.228 e. The summed E-state index contributed by atoms with van der Waals surface area (Å²) in [4.78, 5) is 12.8. The van der Waals surface area contributed by atoms with Crippen LogP contribution in [0.3, 0.4) is 0 Å². The highest BCUT2D eigenvalue weighted by Crippen LogP contribution is 2.62. The monoisotopic (exact) mass is 704 g/mol. The third-order valence-electron chi connectivity index (χ3n) is 11.2. The van der Waals surface area contributed by atoms with Crippen LogP contribution in [0, 0.1) is 0 Å². The van der Waals surface area contributed by atoms with E-state index in [0.29, 0.717) is 0 Å². The Bertz CT molecular complexity index is 2850. The van der Waals surface area contributed by atoms with Crippen LogP contribution in [0.25, 0.3) is 66.9 Å². The fourth-order valence-electron chi connectivity index (χ4n) is 8.72. The first-order valence-electron chi connectivity index (χ1n) is 18.4. The number of hydrogen-bond acceptors (Lipinski definition) is 3. The van der Waals surface area contributed by atoms with E-state index in [-0.39, 0.29) is 0 Å². The molecule has 252 valence electrons. The lowest BCUT2D eigenvalue weighted by molar-refractivity contribution is 0.722. The highest BCUT2D eigenvalue weighted by atomic mass is 32.2. The number of aromatic nitrogens is 2. The first kappa shape index (κ1) is 31.0. The number of fused-ring (bicyclic) bond motifs is 10. The highest BCUT2D eigenvalue weighted by molar-refractivity contribution is 7.99. The summed E-state index contributed by atoms with van der Waals surface area (Å²) < 4.78 is 0. The highest BCUT2D eigenvalue weighted by Gasteiger charge is 2.50. The van der Waals surface area contributed by atoms with Crippen LogP contribution in [0.15, 0.2) is 204 Å². The summed E-state index contributed by atoms with van der Waals surface area (Å²) in [6, 6.07) is 70.3. The molecule has 1 aliphatic carbocycles. The second kappa shape index (κ2) is 12.3. The van der Waals surface area contributed by atoms with Gasteiger partial charge in [0.05, 0.1) is 16.6 Å². The Hall–Kier alpha value is -6.55. The molecule has 11 rings (SSSR count). The molecule has 1 spiro atoms. The third kappa shape index (κ3) is 4.68. The van der Waals surface area contributed by atoms with E-state index in [4.69, 9.17) is 9.97 Å². The van der Waals surface area contributed by atoms with E-state index in [9.17, 15) is 0 Å². The molecule has 0 fully saturated rings. The molecule has 0 radical (unpaired) electrons. The molecule has 0 saturated heterocycles. The van der Waals surface area contributed by atoms with Crippen LogP contribution in [0.1, 0.15) is 22.3 Å². The largest absolute Gasteiger partial charge is 0.228 e. The molecule has 54 heavy (non-hydrogen) atoms. The zero-order valence-corrected chi connectivity index (χ0v) is 30.1. The molecule has 3 heteroatoms. The Morgan fingerprint density at radius 1 is 0.352 bits per heavy atom. The first-order chi connectivity index (χ1) is 26.8. The van der Waals surface area contributed by atoms with Gasteiger partial charge in [-0.1, -0.05) is 182 Å². The van der Waals surface area contributed by atoms with E-state index in [2.05, 4.69) is 182 Å². The van der Waals surface area contributed by atoms with E-state index in [0.717, 1.165) is 33.5 Å². The molecule has 0 unspecified atom stereocenters. The molecule has 2 heterocycles. The molecular weight excluding hydrogens is 673 g/mol. The van der Waals surface area contributed by atoms with Gasteiger partial charge in [-0.3, -0.25) is 0 Å². The van der Waals surface area contributed by atoms with Gasteiger partial charge in [0, 0.05) is 26.3 Å². The molecular formula is C51H32N2S. The summed E-state index contributed by atoms with van der Waals surface area (Å²) in [6.45, 7) is 0. The fourth-order valence-corrected chi connectivity index (χ4v) is 9.91. The Morgan fingerprint density at radius 2 is 0.870 bits per heavy atom. The van der Waals surface area contributed by atoms with Crippen LogP contribution >= 0.6 is 11.8 Å². The lowest BCUT2D eigenvalue weighted by Crippen LogP contribution is -2.31. The van der Waals surface area contributed by atoms with Gasteiger partial charge in [-0.05, 0) is 79.9 Å². The summed E-state index contributed by atoms with van der Waals surface area (Å²) in [5.41, 5.74) is 16.3. The van der Waals surface area contributed by atoms with Gasteiger partial charge in [-0.25, -0.2) is 9.97 Å². The van der Waals surface area contributed by atoms with Gasteiger partial charge < -0.3 is 0 Å². The molecule has 2 aliphatic rings. The van der Waals surface area contributed by atoms with Crippen LogP contribution in [-0.4, -0.2) is 9.97 Å². The Morgan fingerprint density at radius 3 is 1.61 bits per heavy atom. The smallest absolute Gasteiger partial charge is 0.160 e. The number of nitrogens with zero attached hydrogens (tertiary/aromatic N) is 2. The number of para-hydroxylation sites is 1. The summed E-state index contributed by atoms with van der Waals surface area (Å²) >= 11 is 1.88. The van der Waals surface area contributed by atoms with Crippen LogP contribution < -0.4 is 0 Å². The lowest BCUT2D eigenvalue weighted by atomic mass is 9.67. The summed E-state index contributed by atoms with van der Waals surface area (Å²) in [5, 5.41) is 1.04. The second-order valence-electron chi connectivity index (χ2n) is 14.1. The van der Waals surface area contributed by atoms with Crippen LogP contribution in [0.5, 0.6) is 0 Å². The van der Waals surface area contributed by atoms with Crippen molar-refractivity contribution in [3.8, 4) is 56.0 Å². The van der Waals surface area contributed by atoms with Crippen LogP contribution in [0.4, 0.5) is 0 Å². The van der Waals surface area contributed by atoms with Gasteiger partial charge in [-0.15, -0.1) is 0 Å². The predicted octanol–water partition coefficient (Wildman–Crippen LogP) is 13.1. The van der Waals surface area contributed by atoms with Crippen molar-refractivity contribution in [3.05, 3.63) is 216 Å². The number of rotatable bonds is 4. The van der Waals surface area contributed by atoms with Crippen LogP contribution in [-0.2, 0) is 5.41 Å². The standard InChI is InChI=1S/C51H32N2S/c1-2-12-33(13-3-1)34-24-28-37(29-25-34)50-52-46-19-9-5-15-41(46)49(53-50)36-26-22-35(23-27-36)38-30-31-40-39-14-4-6-16-42(39)51(45(40)32-38)43-17-7-10-20-47(43)54-48-21-11-8-18-44(48)51/h1-32H. The molecule has 1 aromatic heterocycles. The summed E-state index contributed by atoms with van der Waals surface area (Å²) in [6.07, 6.45) is 0. The SMILES string of the molecule is c1ccc(-c2ccc(-c3nc(-c4ccc(-c5ccc6c(c5)C5(c7ccccc7Sc7ccccc75)c5ccccc5-6)cc4)c4ccccc4n3)cc2)cc1. The Kier molecular flexibility index (Phi) is 7.05. The van der Waals surface area contributed by atoms with E-state index in [1.807, 2.05) is 23.9 Å². The molecule has 2 nitrogen and oxygen atoms in total. The zero-order valence-electron chi connectivity index (χ0n) is 29.3. The summed E-state index contributed by atoms with van der Waals surface area (Å²) in [5.74, 6) is 0.724. The van der Waals surface area contributed by atoms with Crippen molar-refractivity contribution < 1.29 is 0 Å². The van der Waals surface area contributed by atoms with Crippen molar-refractivity contribution >= 4 is 22.7 Å². The molecule has 0 amide bonds. The van der Waals surface area contributed by atoms with E-state index < -0.39 is 5.41 Å². The predicted molar refractivity (Wildman–Crippen MR) is 223 cm³/mol. The average Bonchev–Trinajstić information content (AvgIpc) is 3.54. The van der Waals surface area contributed by atoms with Gasteiger partial charge in [0.2, 0.25) is 0 Å². The van der Waals surface area contributed by atoms with Crippen LogP contribution in [0.2, 0.25) is 0 Å². The van der Waals surface area contributed by atoms with Crippen molar-refractivity contribution in [2.45, 2.75) is 15.2 Å². The van der Waals surface area contributed by atoms with Crippen molar-refractivity contribution in [3.63, 3.8) is 0 Å². The molecule has 0 bridgehead atoms. The zero-order chi connectivity index (χ0) is 35.6. The van der Waals surface area contributed by atoms with Crippen molar-refractivity contribution in [1.29, 1.82) is 0 Å². The topological polar surface area (TPSA) is 25.8 Å². The maximum atomic E-state index is 5.20. The van der Waals surface area contributed by atoms with Gasteiger partial charge in [0.15, 0.2) is 5.82 Å². The minimum absolute atomic E-state index is 0.393. The maximum absolute atomic E-state index is 5.20. The van der Waals surface area contributed by atoms with E-state index >= 15 is 0 Å². The fraction of sp³-hybridized carbons (Fsp3) is 0.0196. The molecule has 0 N–H and O–H groups in total. The van der Waals surface area contributed by atoms with Gasteiger partial charge in [0.25, 0.3) is 0 Å². The van der Waals surface area contributed by atoms with Crippen molar-refractivity contribution in [1.82, 2.24) is 9.97 Å². The minimum atomic E-state index is -0.393. The molecule has 8 aromatic carbocycles. The quantitative estimate of drug-likeness (QED) is 0.182. The summed E-state index contributed by atoms with van der Waals surface area (Å²) in [7, 11) is 0. The molecule has 0 atom stereocenters. The van der Waals surface area contributed by atoms with E-state index in [1.54, 1.807) is 0 Å². The average molecular weight is 705 g/mol. The first-order valence-corrected chi connectivity index (χ1v) is 19.2. The molecule has 1 aliphatic heterocycles. The second-order valence-corrected chi connectivity index (χ2v) is 15.2. The maximum Gasteiger partial charge on any atom is 0.160 e. The Labute approximate surface area is 318 Å². The van der Waals surface area contributed by atoms with Crippen molar-refractivity contribution in [2.24, 2.45) is 0 Å².